The molecule has 0 unspecified atom stereocenters. The predicted molar refractivity (Wildman–Crippen MR) is 74.7 cm³/mol. The fourth-order valence-corrected chi connectivity index (χ4v) is 1.45. The molecule has 110 valence electrons. The summed E-state index contributed by atoms with van der Waals surface area (Å²) in [5.41, 5.74) is 0. The number of hydrogen-bond donors (Lipinski definition) is 0. The molecule has 0 aliphatic rings. The minimum absolute atomic E-state index is 0.103. The van der Waals surface area contributed by atoms with Crippen molar-refractivity contribution in [3.05, 3.63) is 12.7 Å². The van der Waals surface area contributed by atoms with Crippen LogP contribution in [-0.2, 0) is 19.1 Å². The van der Waals surface area contributed by atoms with Crippen molar-refractivity contribution in [2.75, 3.05) is 13.2 Å². The fraction of sp³-hybridized carbons (Fsp3) is 0.733. The fourth-order valence-electron chi connectivity index (χ4n) is 1.45. The topological polar surface area (TPSA) is 52.6 Å². The second kappa shape index (κ2) is 11.8. The summed E-state index contributed by atoms with van der Waals surface area (Å²) in [7, 11) is 0. The van der Waals surface area contributed by atoms with Gasteiger partial charge in [-0.05, 0) is 38.0 Å². The molecule has 0 amide bonds. The Kier molecular flexibility index (Phi) is 10.9. The van der Waals surface area contributed by atoms with Crippen LogP contribution in [0.5, 0.6) is 0 Å². The molecule has 0 aliphatic heterocycles. The Morgan fingerprint density at radius 1 is 1.05 bits per heavy atom. The minimum atomic E-state index is -0.376. The molecule has 0 rings (SSSR count). The van der Waals surface area contributed by atoms with E-state index in [2.05, 4.69) is 20.4 Å². The lowest BCUT2D eigenvalue weighted by atomic mass is 10.1. The zero-order valence-electron chi connectivity index (χ0n) is 12.2. The van der Waals surface area contributed by atoms with Gasteiger partial charge in [0.25, 0.3) is 0 Å². The van der Waals surface area contributed by atoms with Gasteiger partial charge in [0.1, 0.15) is 0 Å². The normalized spacial score (nSPS) is 10.3. The van der Waals surface area contributed by atoms with Gasteiger partial charge in [-0.1, -0.05) is 20.4 Å². The van der Waals surface area contributed by atoms with Crippen LogP contribution in [0.4, 0.5) is 0 Å². The van der Waals surface area contributed by atoms with Crippen molar-refractivity contribution >= 4 is 11.9 Å². The Balaban J connectivity index is 3.24. The highest BCUT2D eigenvalue weighted by Crippen LogP contribution is 2.06. The van der Waals surface area contributed by atoms with Gasteiger partial charge in [-0.15, -0.1) is 0 Å². The number of unbranched alkanes of at least 4 members (excludes halogenated alkanes) is 3. The molecule has 0 radical (unpaired) electrons. The molecule has 0 saturated heterocycles. The van der Waals surface area contributed by atoms with E-state index >= 15 is 0 Å². The van der Waals surface area contributed by atoms with Crippen molar-refractivity contribution in [1.82, 2.24) is 0 Å². The maximum absolute atomic E-state index is 11.3. The van der Waals surface area contributed by atoms with Crippen LogP contribution in [-0.4, -0.2) is 25.2 Å². The highest BCUT2D eigenvalue weighted by molar-refractivity contribution is 5.81. The van der Waals surface area contributed by atoms with Crippen LogP contribution in [0.25, 0.3) is 0 Å². The lowest BCUT2D eigenvalue weighted by molar-refractivity contribution is -0.144. The third-order valence-corrected chi connectivity index (χ3v) is 2.64. The third kappa shape index (κ3) is 12.9. The summed E-state index contributed by atoms with van der Waals surface area (Å²) < 4.78 is 9.96. The highest BCUT2D eigenvalue weighted by atomic mass is 16.5. The van der Waals surface area contributed by atoms with Crippen LogP contribution >= 0.6 is 0 Å². The van der Waals surface area contributed by atoms with E-state index in [0.29, 0.717) is 25.6 Å². The van der Waals surface area contributed by atoms with Gasteiger partial charge in [-0.3, -0.25) is 4.79 Å². The van der Waals surface area contributed by atoms with Crippen molar-refractivity contribution in [1.29, 1.82) is 0 Å². The van der Waals surface area contributed by atoms with E-state index < -0.39 is 0 Å². The predicted octanol–water partition coefficient (Wildman–Crippen LogP) is 3.26. The Bertz CT molecular complexity index is 271. The molecule has 0 saturated carbocycles. The number of rotatable bonds is 11. The van der Waals surface area contributed by atoms with E-state index in [4.69, 9.17) is 9.47 Å². The van der Waals surface area contributed by atoms with Gasteiger partial charge in [-0.2, -0.15) is 0 Å². The zero-order valence-corrected chi connectivity index (χ0v) is 12.2. The first-order valence-corrected chi connectivity index (χ1v) is 7.01. The molecule has 0 atom stereocenters. The van der Waals surface area contributed by atoms with E-state index in [1.165, 1.54) is 0 Å². The van der Waals surface area contributed by atoms with Gasteiger partial charge in [0, 0.05) is 12.5 Å². The number of esters is 2. The average Bonchev–Trinajstić information content (AvgIpc) is 2.38. The summed E-state index contributed by atoms with van der Waals surface area (Å²) in [6.45, 7) is 8.42. The van der Waals surface area contributed by atoms with Crippen molar-refractivity contribution in [2.24, 2.45) is 5.92 Å². The van der Waals surface area contributed by atoms with Gasteiger partial charge < -0.3 is 9.47 Å². The van der Waals surface area contributed by atoms with Gasteiger partial charge in [0.15, 0.2) is 0 Å². The molecule has 0 bridgehead atoms. The molecule has 0 heterocycles. The Morgan fingerprint density at radius 2 is 1.63 bits per heavy atom. The summed E-state index contributed by atoms with van der Waals surface area (Å²) in [6.07, 6.45) is 6.19. The lowest BCUT2D eigenvalue weighted by Gasteiger charge is -2.06. The second-order valence-corrected chi connectivity index (χ2v) is 4.94. The molecule has 0 spiro atoms. The van der Waals surface area contributed by atoms with Crippen LogP contribution in [0.2, 0.25) is 0 Å². The molecule has 0 N–H and O–H groups in total. The van der Waals surface area contributed by atoms with E-state index in [0.717, 1.165) is 38.2 Å². The largest absolute Gasteiger partial charge is 0.466 e. The Hall–Kier alpha value is -1.32. The maximum Gasteiger partial charge on any atom is 0.330 e. The number of ether oxygens (including phenoxy) is 2. The lowest BCUT2D eigenvalue weighted by Crippen LogP contribution is -2.07. The number of carbonyl (C=O) groups is 2. The molecule has 19 heavy (non-hydrogen) atoms. The summed E-state index contributed by atoms with van der Waals surface area (Å²) >= 11 is 0. The molecule has 0 aliphatic carbocycles. The number of carbonyl (C=O) groups excluding carboxylic acids is 2. The first-order valence-electron chi connectivity index (χ1n) is 7.01. The van der Waals surface area contributed by atoms with Crippen LogP contribution in [0.1, 0.15) is 52.4 Å². The first-order chi connectivity index (χ1) is 9.06. The van der Waals surface area contributed by atoms with Gasteiger partial charge in [0.2, 0.25) is 0 Å². The summed E-state index contributed by atoms with van der Waals surface area (Å²) in [6, 6.07) is 0. The summed E-state index contributed by atoms with van der Waals surface area (Å²) in [5.74, 6) is 0.0542. The standard InChI is InChI=1S/C15H26O4/c1-4-14(16)18-11-7-5-6-8-12-19-15(17)10-9-13(2)3/h4,13H,1,5-12H2,2-3H3. The highest BCUT2D eigenvalue weighted by Gasteiger charge is 2.04. The molecule has 4 nitrogen and oxygen atoms in total. The van der Waals surface area contributed by atoms with Crippen molar-refractivity contribution in [2.45, 2.75) is 52.4 Å². The molecular formula is C15H26O4. The maximum atomic E-state index is 11.3. The number of hydrogen-bond acceptors (Lipinski definition) is 4. The van der Waals surface area contributed by atoms with Crippen LogP contribution in [0.3, 0.4) is 0 Å². The van der Waals surface area contributed by atoms with Crippen molar-refractivity contribution in [3.63, 3.8) is 0 Å². The average molecular weight is 270 g/mol. The first kappa shape index (κ1) is 17.7. The zero-order chi connectivity index (χ0) is 14.5. The van der Waals surface area contributed by atoms with E-state index in [-0.39, 0.29) is 11.9 Å². The minimum Gasteiger partial charge on any atom is -0.466 e. The Labute approximate surface area is 116 Å². The van der Waals surface area contributed by atoms with Crippen molar-refractivity contribution in [3.8, 4) is 0 Å². The summed E-state index contributed by atoms with van der Waals surface area (Å²) in [4.78, 5) is 22.0. The molecule has 0 aromatic rings. The Morgan fingerprint density at radius 3 is 2.16 bits per heavy atom. The van der Waals surface area contributed by atoms with E-state index in [1.54, 1.807) is 0 Å². The molecule has 4 heteroatoms. The van der Waals surface area contributed by atoms with Gasteiger partial charge in [0.05, 0.1) is 13.2 Å². The summed E-state index contributed by atoms with van der Waals surface area (Å²) in [5, 5.41) is 0. The van der Waals surface area contributed by atoms with Crippen molar-refractivity contribution < 1.29 is 19.1 Å². The van der Waals surface area contributed by atoms with Crippen LogP contribution in [0, 0.1) is 5.92 Å². The van der Waals surface area contributed by atoms with E-state index in [1.807, 2.05) is 0 Å². The van der Waals surface area contributed by atoms with Gasteiger partial charge >= 0.3 is 11.9 Å². The van der Waals surface area contributed by atoms with Crippen LogP contribution in [0.15, 0.2) is 12.7 Å². The second-order valence-electron chi connectivity index (χ2n) is 4.94. The quantitative estimate of drug-likeness (QED) is 0.328. The monoisotopic (exact) mass is 270 g/mol. The third-order valence-electron chi connectivity index (χ3n) is 2.64. The molecule has 0 aromatic carbocycles. The van der Waals surface area contributed by atoms with Crippen LogP contribution < -0.4 is 0 Å². The molecule has 0 aromatic heterocycles. The van der Waals surface area contributed by atoms with E-state index in [9.17, 15) is 9.59 Å². The van der Waals surface area contributed by atoms with Gasteiger partial charge in [-0.25, -0.2) is 4.79 Å². The SMILES string of the molecule is C=CC(=O)OCCCCCCOC(=O)CCC(C)C. The molecule has 0 fully saturated rings. The molecular weight excluding hydrogens is 244 g/mol. The smallest absolute Gasteiger partial charge is 0.330 e.